The molecule has 106 valence electrons. The minimum Gasteiger partial charge on any atom is -0.395 e. The fraction of sp³-hybridized carbons (Fsp3) is 0.600. The number of β-amino-alcohol motifs (C(OH)–C–C–N with tert-alkyl or cyclic N) is 1. The van der Waals surface area contributed by atoms with Crippen LogP contribution in [0.3, 0.4) is 0 Å². The Morgan fingerprint density at radius 3 is 2.26 bits per heavy atom. The van der Waals surface area contributed by atoms with Gasteiger partial charge >= 0.3 is 0 Å². The first kappa shape index (κ1) is 14.5. The van der Waals surface area contributed by atoms with Crippen LogP contribution >= 0.6 is 0 Å². The highest BCUT2D eigenvalue weighted by molar-refractivity contribution is 5.20. The molecule has 0 saturated carbocycles. The summed E-state index contributed by atoms with van der Waals surface area (Å²) >= 11 is 0. The molecular formula is C15H25N3O. The fourth-order valence-corrected chi connectivity index (χ4v) is 2.69. The predicted molar refractivity (Wildman–Crippen MR) is 78.2 cm³/mol. The minimum atomic E-state index is 0.259. The van der Waals surface area contributed by atoms with Crippen LogP contribution in [0.25, 0.3) is 0 Å². The summed E-state index contributed by atoms with van der Waals surface area (Å²) in [7, 11) is 0. The van der Waals surface area contributed by atoms with Crippen LogP contribution in [0.4, 0.5) is 0 Å². The zero-order valence-corrected chi connectivity index (χ0v) is 11.5. The molecule has 1 heterocycles. The first-order chi connectivity index (χ1) is 9.33. The van der Waals surface area contributed by atoms with Crippen LogP contribution in [-0.4, -0.2) is 67.3 Å². The van der Waals surface area contributed by atoms with Crippen LogP contribution in [0.2, 0.25) is 0 Å². The number of rotatable bonds is 6. The van der Waals surface area contributed by atoms with E-state index in [-0.39, 0.29) is 6.61 Å². The Balaban J connectivity index is 1.84. The quantitative estimate of drug-likeness (QED) is 0.777. The van der Waals surface area contributed by atoms with E-state index in [4.69, 9.17) is 10.8 Å². The van der Waals surface area contributed by atoms with Crippen molar-refractivity contribution in [3.8, 4) is 0 Å². The van der Waals surface area contributed by atoms with Crippen molar-refractivity contribution in [3.63, 3.8) is 0 Å². The number of piperazine rings is 1. The van der Waals surface area contributed by atoms with E-state index >= 15 is 0 Å². The van der Waals surface area contributed by atoms with Crippen molar-refractivity contribution in [2.75, 3.05) is 52.4 Å². The van der Waals surface area contributed by atoms with Crippen LogP contribution in [-0.2, 0) is 0 Å². The second-order valence-corrected chi connectivity index (χ2v) is 5.21. The van der Waals surface area contributed by atoms with E-state index in [1.165, 1.54) is 5.56 Å². The second-order valence-electron chi connectivity index (χ2n) is 5.21. The highest BCUT2D eigenvalue weighted by atomic mass is 16.3. The topological polar surface area (TPSA) is 52.7 Å². The second kappa shape index (κ2) is 7.60. The van der Waals surface area contributed by atoms with Gasteiger partial charge < -0.3 is 15.7 Å². The van der Waals surface area contributed by atoms with Crippen LogP contribution < -0.4 is 5.73 Å². The molecule has 1 saturated heterocycles. The Kier molecular flexibility index (Phi) is 5.79. The number of hydrogen-bond donors (Lipinski definition) is 2. The molecule has 0 spiro atoms. The molecule has 0 aliphatic carbocycles. The summed E-state index contributed by atoms with van der Waals surface area (Å²) in [5.74, 6) is 0.422. The fourth-order valence-electron chi connectivity index (χ4n) is 2.69. The summed E-state index contributed by atoms with van der Waals surface area (Å²) in [6.45, 7) is 7.03. The van der Waals surface area contributed by atoms with Crippen LogP contribution in [0.1, 0.15) is 11.5 Å². The van der Waals surface area contributed by atoms with E-state index in [0.29, 0.717) is 12.5 Å². The summed E-state index contributed by atoms with van der Waals surface area (Å²) < 4.78 is 0. The van der Waals surface area contributed by atoms with Crippen LogP contribution in [0.5, 0.6) is 0 Å². The van der Waals surface area contributed by atoms with Crippen LogP contribution in [0, 0.1) is 0 Å². The molecule has 0 bridgehead atoms. The summed E-state index contributed by atoms with van der Waals surface area (Å²) in [5, 5.41) is 8.94. The van der Waals surface area contributed by atoms with Gasteiger partial charge in [0, 0.05) is 51.7 Å². The van der Waals surface area contributed by atoms with Gasteiger partial charge in [0.15, 0.2) is 0 Å². The smallest absolute Gasteiger partial charge is 0.0558 e. The van der Waals surface area contributed by atoms with Crippen molar-refractivity contribution in [1.82, 2.24) is 9.80 Å². The van der Waals surface area contributed by atoms with Gasteiger partial charge in [0.1, 0.15) is 0 Å². The minimum absolute atomic E-state index is 0.259. The van der Waals surface area contributed by atoms with Gasteiger partial charge in [-0.1, -0.05) is 30.3 Å². The lowest BCUT2D eigenvalue weighted by Gasteiger charge is -2.36. The molecule has 4 heteroatoms. The van der Waals surface area contributed by atoms with Crippen LogP contribution in [0.15, 0.2) is 30.3 Å². The molecule has 1 aromatic rings. The Labute approximate surface area is 115 Å². The third kappa shape index (κ3) is 4.28. The molecule has 1 atom stereocenters. The number of nitrogens with two attached hydrogens (primary N) is 1. The van der Waals surface area contributed by atoms with Crippen molar-refractivity contribution in [2.45, 2.75) is 5.92 Å². The third-order valence-electron chi connectivity index (χ3n) is 3.92. The highest BCUT2D eigenvalue weighted by Gasteiger charge is 2.19. The molecule has 1 unspecified atom stereocenters. The summed E-state index contributed by atoms with van der Waals surface area (Å²) in [4.78, 5) is 4.80. The maximum Gasteiger partial charge on any atom is 0.0558 e. The maximum absolute atomic E-state index is 8.94. The van der Waals surface area contributed by atoms with Gasteiger partial charge in [-0.2, -0.15) is 0 Å². The van der Waals surface area contributed by atoms with Gasteiger partial charge in [-0.3, -0.25) is 4.90 Å². The first-order valence-corrected chi connectivity index (χ1v) is 7.14. The predicted octanol–water partition coefficient (Wildman–Crippen LogP) is 0.339. The average molecular weight is 263 g/mol. The van der Waals surface area contributed by atoms with E-state index in [1.807, 2.05) is 6.07 Å². The van der Waals surface area contributed by atoms with Crippen molar-refractivity contribution < 1.29 is 5.11 Å². The van der Waals surface area contributed by atoms with E-state index in [0.717, 1.165) is 39.3 Å². The molecule has 2 rings (SSSR count). The lowest BCUT2D eigenvalue weighted by atomic mass is 9.98. The largest absolute Gasteiger partial charge is 0.395 e. The van der Waals surface area contributed by atoms with Gasteiger partial charge in [0.05, 0.1) is 6.61 Å². The Morgan fingerprint density at radius 1 is 1.05 bits per heavy atom. The summed E-state index contributed by atoms with van der Waals surface area (Å²) in [5.41, 5.74) is 7.26. The van der Waals surface area contributed by atoms with E-state index in [2.05, 4.69) is 34.1 Å². The van der Waals surface area contributed by atoms with E-state index in [9.17, 15) is 0 Å². The zero-order chi connectivity index (χ0) is 13.5. The lowest BCUT2D eigenvalue weighted by molar-refractivity contribution is 0.109. The van der Waals surface area contributed by atoms with E-state index < -0.39 is 0 Å². The third-order valence-corrected chi connectivity index (χ3v) is 3.92. The van der Waals surface area contributed by atoms with Crippen molar-refractivity contribution in [3.05, 3.63) is 35.9 Å². The van der Waals surface area contributed by atoms with Gasteiger partial charge in [0.25, 0.3) is 0 Å². The summed E-state index contributed by atoms with van der Waals surface area (Å²) in [6.07, 6.45) is 0. The molecule has 1 aliphatic rings. The average Bonchev–Trinajstić information content (AvgIpc) is 2.48. The Bertz CT molecular complexity index is 350. The number of benzene rings is 1. The Hall–Kier alpha value is -0.940. The van der Waals surface area contributed by atoms with Gasteiger partial charge in [-0.05, 0) is 5.56 Å². The number of aliphatic hydroxyl groups excluding tert-OH is 1. The molecule has 1 aliphatic heterocycles. The molecule has 0 aromatic heterocycles. The number of nitrogens with zero attached hydrogens (tertiary/aromatic N) is 2. The molecule has 1 aromatic carbocycles. The Morgan fingerprint density at radius 2 is 1.68 bits per heavy atom. The molecular weight excluding hydrogens is 238 g/mol. The van der Waals surface area contributed by atoms with Crippen molar-refractivity contribution in [1.29, 1.82) is 0 Å². The molecule has 19 heavy (non-hydrogen) atoms. The molecule has 0 amide bonds. The lowest BCUT2D eigenvalue weighted by Crippen LogP contribution is -2.48. The SMILES string of the molecule is NCC(CN1CCN(CCO)CC1)c1ccccc1. The van der Waals surface area contributed by atoms with Crippen molar-refractivity contribution >= 4 is 0 Å². The molecule has 4 nitrogen and oxygen atoms in total. The maximum atomic E-state index is 8.94. The standard InChI is InChI=1S/C15H25N3O/c16-12-15(14-4-2-1-3-5-14)13-18-8-6-17(7-9-18)10-11-19/h1-5,15,19H,6-13,16H2. The van der Waals surface area contributed by atoms with Gasteiger partial charge in [-0.15, -0.1) is 0 Å². The summed E-state index contributed by atoms with van der Waals surface area (Å²) in [6, 6.07) is 10.5. The number of aliphatic hydroxyl groups is 1. The van der Waals surface area contributed by atoms with Crippen molar-refractivity contribution in [2.24, 2.45) is 5.73 Å². The molecule has 1 fully saturated rings. The van der Waals surface area contributed by atoms with Gasteiger partial charge in [0.2, 0.25) is 0 Å². The molecule has 3 N–H and O–H groups in total. The molecule has 0 radical (unpaired) electrons. The van der Waals surface area contributed by atoms with E-state index in [1.54, 1.807) is 0 Å². The monoisotopic (exact) mass is 263 g/mol. The normalized spacial score (nSPS) is 19.5. The zero-order valence-electron chi connectivity index (χ0n) is 11.5. The first-order valence-electron chi connectivity index (χ1n) is 7.14. The number of hydrogen-bond acceptors (Lipinski definition) is 4. The highest BCUT2D eigenvalue weighted by Crippen LogP contribution is 2.16. The van der Waals surface area contributed by atoms with Gasteiger partial charge in [-0.25, -0.2) is 0 Å².